The fraction of sp³-hybridized carbons (Fsp3) is 0.368. The number of aryl methyl sites for hydroxylation is 2. The Kier molecular flexibility index (Phi) is 4.17. The second-order valence-corrected chi connectivity index (χ2v) is 6.49. The number of nitrogens with zero attached hydrogens (tertiary/aromatic N) is 3. The van der Waals surface area contributed by atoms with Crippen LogP contribution in [0.3, 0.4) is 0 Å². The van der Waals surface area contributed by atoms with Gasteiger partial charge in [0.25, 0.3) is 0 Å². The van der Waals surface area contributed by atoms with Crippen molar-refractivity contribution in [1.82, 2.24) is 25.1 Å². The highest BCUT2D eigenvalue weighted by atomic mass is 15.1. The van der Waals surface area contributed by atoms with Gasteiger partial charge >= 0.3 is 0 Å². The van der Waals surface area contributed by atoms with Crippen LogP contribution in [0.1, 0.15) is 41.5 Å². The summed E-state index contributed by atoms with van der Waals surface area (Å²) >= 11 is 0. The molecule has 24 heavy (non-hydrogen) atoms. The summed E-state index contributed by atoms with van der Waals surface area (Å²) in [6.07, 6.45) is 7.57. The van der Waals surface area contributed by atoms with Crippen molar-refractivity contribution in [1.29, 1.82) is 0 Å². The number of benzene rings is 1. The third kappa shape index (κ3) is 2.87. The Morgan fingerprint density at radius 1 is 1.25 bits per heavy atom. The zero-order chi connectivity index (χ0) is 16.4. The second-order valence-electron chi connectivity index (χ2n) is 6.49. The molecule has 3 aromatic rings. The number of hydrogen-bond donors (Lipinski definition) is 2. The molecule has 0 amide bonds. The fourth-order valence-electron chi connectivity index (χ4n) is 3.69. The second kappa shape index (κ2) is 6.61. The summed E-state index contributed by atoms with van der Waals surface area (Å²) in [5.41, 5.74) is 5.07. The minimum atomic E-state index is 0.557. The van der Waals surface area contributed by atoms with Gasteiger partial charge in [0.2, 0.25) is 0 Å². The molecule has 1 aromatic carbocycles. The quantitative estimate of drug-likeness (QED) is 0.759. The molecule has 0 aliphatic heterocycles. The van der Waals surface area contributed by atoms with Gasteiger partial charge in [-0.15, -0.1) is 0 Å². The molecule has 5 nitrogen and oxygen atoms in total. The van der Waals surface area contributed by atoms with Crippen molar-refractivity contribution in [2.24, 2.45) is 0 Å². The van der Waals surface area contributed by atoms with Gasteiger partial charge in [-0.1, -0.05) is 18.2 Å². The molecular formula is C19H23N5. The predicted molar refractivity (Wildman–Crippen MR) is 94.3 cm³/mol. The number of aromatic nitrogens is 4. The number of rotatable bonds is 5. The van der Waals surface area contributed by atoms with Gasteiger partial charge in [-0.2, -0.15) is 5.10 Å². The Morgan fingerprint density at radius 3 is 3.00 bits per heavy atom. The lowest BCUT2D eigenvalue weighted by atomic mass is 9.87. The molecule has 0 fully saturated rings. The number of H-pyrrole nitrogens is 1. The van der Waals surface area contributed by atoms with Crippen LogP contribution in [0.25, 0.3) is 5.69 Å². The van der Waals surface area contributed by atoms with E-state index < -0.39 is 0 Å². The maximum absolute atomic E-state index is 4.49. The fourth-order valence-corrected chi connectivity index (χ4v) is 3.69. The van der Waals surface area contributed by atoms with Crippen LogP contribution in [0.2, 0.25) is 0 Å². The van der Waals surface area contributed by atoms with Gasteiger partial charge in [0.05, 0.1) is 18.1 Å². The first-order chi connectivity index (χ1) is 11.8. The molecule has 0 spiro atoms. The smallest absolute Gasteiger partial charge is 0.110 e. The zero-order valence-electron chi connectivity index (χ0n) is 14.0. The lowest BCUT2D eigenvalue weighted by Crippen LogP contribution is -2.24. The van der Waals surface area contributed by atoms with Gasteiger partial charge in [-0.25, -0.2) is 4.98 Å². The molecule has 1 aliphatic rings. The highest BCUT2D eigenvalue weighted by molar-refractivity contribution is 5.35. The first-order valence-corrected chi connectivity index (χ1v) is 8.64. The Bertz CT molecular complexity index is 802. The minimum absolute atomic E-state index is 0.557. The van der Waals surface area contributed by atoms with E-state index in [-0.39, 0.29) is 0 Å². The van der Waals surface area contributed by atoms with Crippen molar-refractivity contribution < 1.29 is 0 Å². The number of nitrogens with one attached hydrogen (secondary N) is 2. The topological polar surface area (TPSA) is 58.5 Å². The number of aromatic amines is 1. The largest absolute Gasteiger partial charge is 0.311 e. The lowest BCUT2D eigenvalue weighted by molar-refractivity contribution is 0.502. The van der Waals surface area contributed by atoms with Crippen LogP contribution < -0.4 is 5.32 Å². The van der Waals surface area contributed by atoms with E-state index in [4.69, 9.17) is 0 Å². The number of hydrogen-bond acceptors (Lipinski definition) is 3. The van der Waals surface area contributed by atoms with Crippen LogP contribution in [-0.2, 0) is 13.0 Å². The molecule has 0 bridgehead atoms. The van der Waals surface area contributed by atoms with Crippen molar-refractivity contribution in [2.75, 3.05) is 6.54 Å². The lowest BCUT2D eigenvalue weighted by Gasteiger charge is -2.22. The molecule has 0 saturated heterocycles. The highest BCUT2D eigenvalue weighted by Crippen LogP contribution is 2.29. The molecule has 2 heterocycles. The molecule has 0 saturated carbocycles. The van der Waals surface area contributed by atoms with Gasteiger partial charge in [-0.3, -0.25) is 9.67 Å². The van der Waals surface area contributed by atoms with Crippen LogP contribution in [0.15, 0.2) is 42.7 Å². The van der Waals surface area contributed by atoms with Gasteiger partial charge in [0, 0.05) is 24.5 Å². The van der Waals surface area contributed by atoms with E-state index in [0.29, 0.717) is 5.92 Å². The molecule has 4 rings (SSSR count). The van der Waals surface area contributed by atoms with Crippen LogP contribution in [0, 0.1) is 6.92 Å². The van der Waals surface area contributed by atoms with Crippen molar-refractivity contribution in [3.05, 3.63) is 65.5 Å². The highest BCUT2D eigenvalue weighted by Gasteiger charge is 2.21. The van der Waals surface area contributed by atoms with Crippen LogP contribution >= 0.6 is 0 Å². The van der Waals surface area contributed by atoms with Gasteiger partial charge in [0.1, 0.15) is 5.82 Å². The summed E-state index contributed by atoms with van der Waals surface area (Å²) in [6.45, 7) is 3.85. The molecule has 0 radical (unpaired) electrons. The Labute approximate surface area is 142 Å². The maximum Gasteiger partial charge on any atom is 0.110 e. The van der Waals surface area contributed by atoms with Gasteiger partial charge in [0.15, 0.2) is 0 Å². The Hall–Kier alpha value is -2.40. The summed E-state index contributed by atoms with van der Waals surface area (Å²) in [7, 11) is 0. The number of para-hydroxylation sites is 1. The summed E-state index contributed by atoms with van der Waals surface area (Å²) in [5.74, 6) is 1.58. The van der Waals surface area contributed by atoms with E-state index in [1.807, 2.05) is 18.5 Å². The van der Waals surface area contributed by atoms with E-state index in [0.717, 1.165) is 25.3 Å². The minimum Gasteiger partial charge on any atom is -0.311 e. The summed E-state index contributed by atoms with van der Waals surface area (Å²) in [6, 6.07) is 10.4. The third-order valence-corrected chi connectivity index (χ3v) is 4.89. The third-order valence-electron chi connectivity index (χ3n) is 4.89. The van der Waals surface area contributed by atoms with Crippen molar-refractivity contribution in [2.45, 2.75) is 38.6 Å². The molecule has 1 unspecified atom stereocenters. The Morgan fingerprint density at radius 2 is 2.12 bits per heavy atom. The van der Waals surface area contributed by atoms with E-state index >= 15 is 0 Å². The summed E-state index contributed by atoms with van der Waals surface area (Å²) in [4.78, 5) is 4.49. The first-order valence-electron chi connectivity index (χ1n) is 8.64. The maximum atomic E-state index is 4.49. The van der Waals surface area contributed by atoms with Crippen LogP contribution in [0.4, 0.5) is 0 Å². The molecule has 124 valence electrons. The standard InChI is InChI=1S/C19H23N5/c1-14-21-12-17(24(14)16-7-3-2-4-8-16)11-20-10-15-6-5-9-19-18(15)13-22-23-19/h2-4,7-8,12-13,15,20H,5-6,9-11H2,1H3,(H,22,23). The molecule has 2 N–H and O–H groups in total. The molecule has 2 aromatic heterocycles. The molecule has 5 heteroatoms. The summed E-state index contributed by atoms with van der Waals surface area (Å²) < 4.78 is 2.22. The van der Waals surface area contributed by atoms with Gasteiger partial charge < -0.3 is 5.32 Å². The monoisotopic (exact) mass is 321 g/mol. The SMILES string of the molecule is Cc1ncc(CNCC2CCCc3[nH]ncc32)n1-c1ccccc1. The van der Waals surface area contributed by atoms with Crippen molar-refractivity contribution in [3.8, 4) is 5.69 Å². The average Bonchev–Trinajstić information content (AvgIpc) is 3.23. The molecular weight excluding hydrogens is 298 g/mol. The predicted octanol–water partition coefficient (Wildman–Crippen LogP) is 3.11. The van der Waals surface area contributed by atoms with Crippen LogP contribution in [0.5, 0.6) is 0 Å². The first kappa shape index (κ1) is 15.1. The van der Waals surface area contributed by atoms with E-state index in [1.54, 1.807) is 0 Å². The number of fused-ring (bicyclic) bond motifs is 1. The van der Waals surface area contributed by atoms with Gasteiger partial charge in [-0.05, 0) is 49.8 Å². The normalized spacial score (nSPS) is 17.0. The van der Waals surface area contributed by atoms with E-state index in [1.165, 1.54) is 35.5 Å². The van der Waals surface area contributed by atoms with Crippen molar-refractivity contribution in [3.63, 3.8) is 0 Å². The van der Waals surface area contributed by atoms with E-state index in [9.17, 15) is 0 Å². The molecule has 1 aliphatic carbocycles. The summed E-state index contributed by atoms with van der Waals surface area (Å²) in [5, 5.41) is 11.0. The number of imidazole rings is 1. The Balaban J connectivity index is 1.45. The van der Waals surface area contributed by atoms with Crippen LogP contribution in [-0.4, -0.2) is 26.3 Å². The zero-order valence-corrected chi connectivity index (χ0v) is 14.0. The van der Waals surface area contributed by atoms with Crippen molar-refractivity contribution >= 4 is 0 Å². The van der Waals surface area contributed by atoms with E-state index in [2.05, 4.69) is 56.3 Å². The average molecular weight is 321 g/mol. The molecule has 1 atom stereocenters.